The van der Waals surface area contributed by atoms with Gasteiger partial charge < -0.3 is 15.7 Å². The van der Waals surface area contributed by atoms with E-state index in [0.717, 1.165) is 19.3 Å². The largest absolute Gasteiger partial charge is 0.481 e. The van der Waals surface area contributed by atoms with Gasteiger partial charge in [-0.25, -0.2) is 0 Å². The zero-order valence-corrected chi connectivity index (χ0v) is 14.9. The molecular formula is C18H23ClN2O4. The van der Waals surface area contributed by atoms with Gasteiger partial charge in [0.2, 0.25) is 11.8 Å². The highest BCUT2D eigenvalue weighted by atomic mass is 35.5. The van der Waals surface area contributed by atoms with Crippen LogP contribution in [0.3, 0.4) is 0 Å². The number of carboxylic acid groups (broad SMARTS) is 1. The second-order valence-corrected chi connectivity index (χ2v) is 6.72. The summed E-state index contributed by atoms with van der Waals surface area (Å²) in [6, 6.07) is 4.84. The van der Waals surface area contributed by atoms with E-state index in [-0.39, 0.29) is 11.8 Å². The second-order valence-electron chi connectivity index (χ2n) is 6.32. The summed E-state index contributed by atoms with van der Waals surface area (Å²) >= 11 is 6.13. The van der Waals surface area contributed by atoms with Crippen LogP contribution in [0.5, 0.6) is 0 Å². The molecule has 0 unspecified atom stereocenters. The number of anilines is 2. The van der Waals surface area contributed by atoms with Crippen molar-refractivity contribution >= 4 is 40.8 Å². The first-order chi connectivity index (χ1) is 11.9. The Bertz CT molecular complexity index is 662. The standard InChI is InChI=1S/C18H23ClN2O4/c1-2-5-16(22)20-11-8-9-14(19)15(10-11)21-17(23)12-6-3-4-7-13(12)18(24)25/h8-10,12-13H,2-7H2,1H3,(H,20,22)(H,21,23)(H,24,25)/t12-,13-/m1/s1. The number of amides is 2. The van der Waals surface area contributed by atoms with Crippen LogP contribution in [0.4, 0.5) is 11.4 Å². The van der Waals surface area contributed by atoms with Crippen molar-refractivity contribution in [3.63, 3.8) is 0 Å². The van der Waals surface area contributed by atoms with E-state index in [1.807, 2.05) is 6.92 Å². The summed E-state index contributed by atoms with van der Waals surface area (Å²) in [6.07, 6.45) is 3.86. The zero-order valence-electron chi connectivity index (χ0n) is 14.2. The number of aliphatic carboxylic acids is 1. The van der Waals surface area contributed by atoms with Gasteiger partial charge in [-0.05, 0) is 37.5 Å². The van der Waals surface area contributed by atoms with Gasteiger partial charge >= 0.3 is 5.97 Å². The van der Waals surface area contributed by atoms with Crippen LogP contribution in [0.2, 0.25) is 5.02 Å². The molecular weight excluding hydrogens is 344 g/mol. The Hall–Kier alpha value is -2.08. The third-order valence-corrected chi connectivity index (χ3v) is 4.73. The molecule has 0 spiro atoms. The van der Waals surface area contributed by atoms with Gasteiger partial charge in [-0.2, -0.15) is 0 Å². The molecule has 1 aliphatic rings. The smallest absolute Gasteiger partial charge is 0.307 e. The minimum absolute atomic E-state index is 0.111. The average Bonchev–Trinajstić information content (AvgIpc) is 2.58. The van der Waals surface area contributed by atoms with Crippen LogP contribution in [0.1, 0.15) is 45.4 Å². The molecule has 0 radical (unpaired) electrons. The van der Waals surface area contributed by atoms with E-state index in [2.05, 4.69) is 10.6 Å². The van der Waals surface area contributed by atoms with Crippen molar-refractivity contribution in [2.24, 2.45) is 11.8 Å². The van der Waals surface area contributed by atoms with Crippen LogP contribution in [0.15, 0.2) is 18.2 Å². The lowest BCUT2D eigenvalue weighted by atomic mass is 9.78. The highest BCUT2D eigenvalue weighted by Gasteiger charge is 2.35. The van der Waals surface area contributed by atoms with Crippen molar-refractivity contribution in [2.75, 3.05) is 10.6 Å². The van der Waals surface area contributed by atoms with E-state index in [0.29, 0.717) is 35.7 Å². The van der Waals surface area contributed by atoms with Crippen molar-refractivity contribution in [2.45, 2.75) is 45.4 Å². The lowest BCUT2D eigenvalue weighted by Crippen LogP contribution is -2.36. The monoisotopic (exact) mass is 366 g/mol. The van der Waals surface area contributed by atoms with Gasteiger partial charge in [-0.3, -0.25) is 14.4 Å². The van der Waals surface area contributed by atoms with Crippen LogP contribution in [0, 0.1) is 11.8 Å². The Morgan fingerprint density at radius 3 is 2.48 bits per heavy atom. The fraction of sp³-hybridized carbons (Fsp3) is 0.500. The molecule has 6 nitrogen and oxygen atoms in total. The maximum atomic E-state index is 12.6. The number of carbonyl (C=O) groups excluding carboxylic acids is 2. The molecule has 1 aliphatic carbocycles. The van der Waals surface area contributed by atoms with Crippen molar-refractivity contribution in [3.05, 3.63) is 23.2 Å². The minimum Gasteiger partial charge on any atom is -0.481 e. The van der Waals surface area contributed by atoms with Crippen LogP contribution >= 0.6 is 11.6 Å². The third-order valence-electron chi connectivity index (χ3n) is 4.40. The Morgan fingerprint density at radius 2 is 1.84 bits per heavy atom. The SMILES string of the molecule is CCCC(=O)Nc1ccc(Cl)c(NC(=O)[C@@H]2CCCC[C@H]2C(=O)O)c1. The molecule has 0 bridgehead atoms. The summed E-state index contributed by atoms with van der Waals surface area (Å²) in [5.74, 6) is -2.63. The predicted molar refractivity (Wildman–Crippen MR) is 96.7 cm³/mol. The third kappa shape index (κ3) is 5.19. The Balaban J connectivity index is 2.11. The van der Waals surface area contributed by atoms with E-state index >= 15 is 0 Å². The molecule has 136 valence electrons. The number of hydrogen-bond acceptors (Lipinski definition) is 3. The first kappa shape index (κ1) is 19.2. The predicted octanol–water partition coefficient (Wildman–Crippen LogP) is 3.91. The lowest BCUT2D eigenvalue weighted by Gasteiger charge is -2.27. The van der Waals surface area contributed by atoms with Gasteiger partial charge in [-0.1, -0.05) is 31.4 Å². The molecule has 1 saturated carbocycles. The van der Waals surface area contributed by atoms with Crippen molar-refractivity contribution in [3.8, 4) is 0 Å². The molecule has 0 saturated heterocycles. The molecule has 25 heavy (non-hydrogen) atoms. The maximum absolute atomic E-state index is 12.6. The number of hydrogen-bond donors (Lipinski definition) is 3. The van der Waals surface area contributed by atoms with Crippen molar-refractivity contribution in [1.82, 2.24) is 0 Å². The van der Waals surface area contributed by atoms with E-state index < -0.39 is 17.8 Å². The molecule has 0 aromatic heterocycles. The Morgan fingerprint density at radius 1 is 1.16 bits per heavy atom. The number of carbonyl (C=O) groups is 3. The van der Waals surface area contributed by atoms with Crippen molar-refractivity contribution < 1.29 is 19.5 Å². The summed E-state index contributed by atoms with van der Waals surface area (Å²) < 4.78 is 0. The summed E-state index contributed by atoms with van der Waals surface area (Å²) in [5, 5.41) is 15.1. The second kappa shape index (κ2) is 8.85. The van der Waals surface area contributed by atoms with Crippen LogP contribution < -0.4 is 10.6 Å². The first-order valence-electron chi connectivity index (χ1n) is 8.55. The highest BCUT2D eigenvalue weighted by Crippen LogP contribution is 2.33. The Kier molecular flexibility index (Phi) is 6.82. The molecule has 7 heteroatoms. The van der Waals surface area contributed by atoms with Crippen LogP contribution in [-0.4, -0.2) is 22.9 Å². The average molecular weight is 367 g/mol. The number of benzene rings is 1. The minimum atomic E-state index is -0.938. The molecule has 0 heterocycles. The first-order valence-corrected chi connectivity index (χ1v) is 8.93. The van der Waals surface area contributed by atoms with Gasteiger partial charge in [-0.15, -0.1) is 0 Å². The molecule has 2 rings (SSSR count). The quantitative estimate of drug-likeness (QED) is 0.711. The zero-order chi connectivity index (χ0) is 18.4. The van der Waals surface area contributed by atoms with E-state index in [9.17, 15) is 19.5 Å². The van der Waals surface area contributed by atoms with Crippen LogP contribution in [0.25, 0.3) is 0 Å². The topological polar surface area (TPSA) is 95.5 Å². The molecule has 1 aromatic rings. The maximum Gasteiger partial charge on any atom is 0.307 e. The van der Waals surface area contributed by atoms with Gasteiger partial charge in [0.1, 0.15) is 0 Å². The summed E-state index contributed by atoms with van der Waals surface area (Å²) in [5.41, 5.74) is 0.909. The molecule has 1 aromatic carbocycles. The summed E-state index contributed by atoms with van der Waals surface area (Å²) in [4.78, 5) is 35.6. The summed E-state index contributed by atoms with van der Waals surface area (Å²) in [6.45, 7) is 1.91. The number of nitrogens with one attached hydrogen (secondary N) is 2. The summed E-state index contributed by atoms with van der Waals surface area (Å²) in [7, 11) is 0. The molecule has 2 amide bonds. The number of rotatable bonds is 6. The molecule has 2 atom stereocenters. The van der Waals surface area contributed by atoms with E-state index in [4.69, 9.17) is 11.6 Å². The van der Waals surface area contributed by atoms with Crippen molar-refractivity contribution in [1.29, 1.82) is 0 Å². The van der Waals surface area contributed by atoms with Gasteiger partial charge in [0.15, 0.2) is 0 Å². The van der Waals surface area contributed by atoms with Crippen LogP contribution in [-0.2, 0) is 14.4 Å². The van der Waals surface area contributed by atoms with Gasteiger partial charge in [0.25, 0.3) is 0 Å². The number of halogens is 1. The number of carboxylic acids is 1. The lowest BCUT2D eigenvalue weighted by molar-refractivity contribution is -0.147. The molecule has 3 N–H and O–H groups in total. The highest BCUT2D eigenvalue weighted by molar-refractivity contribution is 6.33. The van der Waals surface area contributed by atoms with Gasteiger partial charge in [0.05, 0.1) is 22.5 Å². The molecule has 0 aliphatic heterocycles. The fourth-order valence-corrected chi connectivity index (χ4v) is 3.28. The van der Waals surface area contributed by atoms with E-state index in [1.165, 1.54) is 0 Å². The normalized spacial score (nSPS) is 19.9. The Labute approximate surface area is 151 Å². The fourth-order valence-electron chi connectivity index (χ4n) is 3.12. The van der Waals surface area contributed by atoms with E-state index in [1.54, 1.807) is 18.2 Å². The molecule has 1 fully saturated rings. The van der Waals surface area contributed by atoms with Gasteiger partial charge in [0, 0.05) is 12.1 Å².